The molecule has 0 bridgehead atoms. The number of fused-ring (bicyclic) bond motifs is 3. The van der Waals surface area contributed by atoms with Gasteiger partial charge in [0.25, 0.3) is 0 Å². The maximum atomic E-state index is 12.5. The van der Waals surface area contributed by atoms with Crippen LogP contribution in [0.25, 0.3) is 11.1 Å². The minimum Gasteiger partial charge on any atom is -0.344 e. The first kappa shape index (κ1) is 16.2. The molecule has 1 unspecified atom stereocenters. The average Bonchev–Trinajstić information content (AvgIpc) is 2.90. The molecule has 4 nitrogen and oxygen atoms in total. The fraction of sp³-hybridized carbons (Fsp3) is 0.300. The predicted molar refractivity (Wildman–Crippen MR) is 95.8 cm³/mol. The Bertz CT molecular complexity index is 796. The molecular formula is C20H22N2O2. The molecule has 0 saturated heterocycles. The molecule has 2 N–H and O–H groups in total. The fourth-order valence-electron chi connectivity index (χ4n) is 3.18. The lowest BCUT2D eigenvalue weighted by atomic mass is 10.0. The Hall–Kier alpha value is -2.62. The Balaban J connectivity index is 1.82. The van der Waals surface area contributed by atoms with E-state index in [0.29, 0.717) is 0 Å². The van der Waals surface area contributed by atoms with Crippen molar-refractivity contribution in [2.24, 2.45) is 5.92 Å². The first-order chi connectivity index (χ1) is 11.5. The first-order valence-corrected chi connectivity index (χ1v) is 8.25. The highest BCUT2D eigenvalue weighted by Gasteiger charge is 2.24. The third kappa shape index (κ3) is 3.18. The summed E-state index contributed by atoms with van der Waals surface area (Å²) in [5.74, 6) is -0.373. The molecule has 1 aliphatic rings. The summed E-state index contributed by atoms with van der Waals surface area (Å²) in [6, 6.07) is 13.8. The van der Waals surface area contributed by atoms with E-state index < -0.39 is 6.04 Å². The Morgan fingerprint density at radius 2 is 1.71 bits per heavy atom. The Morgan fingerprint density at radius 1 is 1.00 bits per heavy atom. The molecule has 4 heteroatoms. The van der Waals surface area contributed by atoms with E-state index in [1.54, 1.807) is 0 Å². The second-order valence-corrected chi connectivity index (χ2v) is 6.62. The third-order valence-electron chi connectivity index (χ3n) is 4.37. The molecule has 24 heavy (non-hydrogen) atoms. The van der Waals surface area contributed by atoms with Crippen LogP contribution in [0.15, 0.2) is 42.5 Å². The summed E-state index contributed by atoms with van der Waals surface area (Å²) in [5.41, 5.74) is 5.74. The van der Waals surface area contributed by atoms with Gasteiger partial charge in [0, 0.05) is 12.6 Å². The number of hydrogen-bond donors (Lipinski definition) is 2. The van der Waals surface area contributed by atoms with Crippen LogP contribution in [0.5, 0.6) is 0 Å². The van der Waals surface area contributed by atoms with Crippen molar-refractivity contribution in [1.29, 1.82) is 0 Å². The lowest BCUT2D eigenvalue weighted by Crippen LogP contribution is -2.46. The van der Waals surface area contributed by atoms with E-state index in [4.69, 9.17) is 0 Å². The van der Waals surface area contributed by atoms with Crippen LogP contribution in [0.3, 0.4) is 0 Å². The zero-order valence-electron chi connectivity index (χ0n) is 14.2. The molecule has 1 atom stereocenters. The van der Waals surface area contributed by atoms with E-state index in [0.717, 1.165) is 12.1 Å². The summed E-state index contributed by atoms with van der Waals surface area (Å²) in [4.78, 5) is 23.8. The van der Waals surface area contributed by atoms with Crippen LogP contribution >= 0.6 is 0 Å². The number of carbonyl (C=O) groups excluding carboxylic acids is 2. The molecule has 0 aliphatic heterocycles. The number of rotatable bonds is 4. The Morgan fingerprint density at radius 3 is 2.42 bits per heavy atom. The molecule has 0 spiro atoms. The van der Waals surface area contributed by atoms with Crippen LogP contribution in [0.2, 0.25) is 0 Å². The van der Waals surface area contributed by atoms with Crippen LogP contribution in [0, 0.1) is 5.92 Å². The maximum absolute atomic E-state index is 12.5. The molecule has 0 saturated carbocycles. The summed E-state index contributed by atoms with van der Waals surface area (Å²) in [7, 11) is 0. The SMILES string of the molecule is CC(=O)NC(C(=O)Nc1ccc2c(c1)-c1ccccc1C2)C(C)C. The Kier molecular flexibility index (Phi) is 4.38. The van der Waals surface area contributed by atoms with Gasteiger partial charge in [-0.1, -0.05) is 44.2 Å². The number of amides is 2. The van der Waals surface area contributed by atoms with Crippen molar-refractivity contribution in [3.63, 3.8) is 0 Å². The molecule has 1 aliphatic carbocycles. The van der Waals surface area contributed by atoms with Gasteiger partial charge in [-0.05, 0) is 46.7 Å². The molecule has 0 aromatic heterocycles. The van der Waals surface area contributed by atoms with Gasteiger partial charge in [-0.15, -0.1) is 0 Å². The van der Waals surface area contributed by atoms with Gasteiger partial charge in [0.2, 0.25) is 11.8 Å². The summed E-state index contributed by atoms with van der Waals surface area (Å²) < 4.78 is 0. The van der Waals surface area contributed by atoms with Crippen LogP contribution in [0.1, 0.15) is 31.9 Å². The zero-order valence-corrected chi connectivity index (χ0v) is 14.2. The van der Waals surface area contributed by atoms with E-state index in [1.807, 2.05) is 38.1 Å². The second-order valence-electron chi connectivity index (χ2n) is 6.62. The largest absolute Gasteiger partial charge is 0.344 e. The van der Waals surface area contributed by atoms with Gasteiger partial charge < -0.3 is 10.6 Å². The highest BCUT2D eigenvalue weighted by molar-refractivity contribution is 5.98. The second kappa shape index (κ2) is 6.48. The van der Waals surface area contributed by atoms with Crippen molar-refractivity contribution in [2.45, 2.75) is 33.2 Å². The van der Waals surface area contributed by atoms with Crippen molar-refractivity contribution in [1.82, 2.24) is 5.32 Å². The normalized spacial score (nSPS) is 13.2. The van der Waals surface area contributed by atoms with Crippen LogP contribution in [0.4, 0.5) is 5.69 Å². The van der Waals surface area contributed by atoms with Crippen molar-refractivity contribution >= 4 is 17.5 Å². The quantitative estimate of drug-likeness (QED) is 0.774. The van der Waals surface area contributed by atoms with E-state index in [2.05, 4.69) is 28.8 Å². The summed E-state index contributed by atoms with van der Waals surface area (Å²) in [6.45, 7) is 5.26. The molecule has 2 amide bonds. The van der Waals surface area contributed by atoms with Crippen molar-refractivity contribution in [3.8, 4) is 11.1 Å². The van der Waals surface area contributed by atoms with Crippen LogP contribution < -0.4 is 10.6 Å². The number of benzene rings is 2. The van der Waals surface area contributed by atoms with Crippen molar-refractivity contribution in [3.05, 3.63) is 53.6 Å². The Labute approximate surface area is 142 Å². The standard InChI is InChI=1S/C20H22N2O2/c1-12(2)19(21-13(3)23)20(24)22-16-9-8-15-10-14-6-4-5-7-17(14)18(15)11-16/h4-9,11-12,19H,10H2,1-3H3,(H,21,23)(H,22,24). The zero-order chi connectivity index (χ0) is 17.3. The topological polar surface area (TPSA) is 58.2 Å². The molecule has 2 aromatic carbocycles. The molecular weight excluding hydrogens is 300 g/mol. The van der Waals surface area contributed by atoms with Gasteiger partial charge in [0.05, 0.1) is 0 Å². The molecule has 124 valence electrons. The van der Waals surface area contributed by atoms with Gasteiger partial charge in [0.15, 0.2) is 0 Å². The van der Waals surface area contributed by atoms with Gasteiger partial charge >= 0.3 is 0 Å². The molecule has 3 rings (SSSR count). The first-order valence-electron chi connectivity index (χ1n) is 8.25. The van der Waals surface area contributed by atoms with Crippen LogP contribution in [-0.4, -0.2) is 17.9 Å². The monoisotopic (exact) mass is 322 g/mol. The summed E-state index contributed by atoms with van der Waals surface area (Å²) >= 11 is 0. The number of nitrogens with one attached hydrogen (secondary N) is 2. The number of anilines is 1. The van der Waals surface area contributed by atoms with Crippen molar-refractivity contribution < 1.29 is 9.59 Å². The number of hydrogen-bond acceptors (Lipinski definition) is 2. The summed E-state index contributed by atoms with van der Waals surface area (Å²) in [6.07, 6.45) is 0.931. The van der Waals surface area contributed by atoms with Gasteiger partial charge in [-0.2, -0.15) is 0 Å². The maximum Gasteiger partial charge on any atom is 0.247 e. The molecule has 2 aromatic rings. The van der Waals surface area contributed by atoms with Crippen molar-refractivity contribution in [2.75, 3.05) is 5.32 Å². The van der Waals surface area contributed by atoms with Gasteiger partial charge in [0.1, 0.15) is 6.04 Å². The van der Waals surface area contributed by atoms with E-state index in [9.17, 15) is 9.59 Å². The smallest absolute Gasteiger partial charge is 0.247 e. The highest BCUT2D eigenvalue weighted by atomic mass is 16.2. The minimum atomic E-state index is -0.539. The van der Waals surface area contributed by atoms with E-state index in [1.165, 1.54) is 29.2 Å². The molecule has 0 heterocycles. The molecule has 0 fully saturated rings. The van der Waals surface area contributed by atoms with E-state index >= 15 is 0 Å². The van der Waals surface area contributed by atoms with Crippen LogP contribution in [-0.2, 0) is 16.0 Å². The fourth-order valence-corrected chi connectivity index (χ4v) is 3.18. The summed E-state index contributed by atoms with van der Waals surface area (Å²) in [5, 5.41) is 5.65. The van der Waals surface area contributed by atoms with E-state index in [-0.39, 0.29) is 17.7 Å². The molecule has 0 radical (unpaired) electrons. The predicted octanol–water partition coefficient (Wildman–Crippen LogP) is 3.36. The third-order valence-corrected chi connectivity index (χ3v) is 4.37. The highest BCUT2D eigenvalue weighted by Crippen LogP contribution is 2.37. The lowest BCUT2D eigenvalue weighted by molar-refractivity contribution is -0.126. The number of carbonyl (C=O) groups is 2. The van der Waals surface area contributed by atoms with Gasteiger partial charge in [-0.25, -0.2) is 0 Å². The minimum absolute atomic E-state index is 0.0176. The average molecular weight is 322 g/mol. The lowest BCUT2D eigenvalue weighted by Gasteiger charge is -2.21. The van der Waals surface area contributed by atoms with Gasteiger partial charge in [-0.3, -0.25) is 9.59 Å².